The second kappa shape index (κ2) is 18.2. The molecule has 0 aliphatic carbocycles. The van der Waals surface area contributed by atoms with Crippen molar-refractivity contribution < 1.29 is 53.0 Å². The fourth-order valence-electron chi connectivity index (χ4n) is 4.60. The minimum Gasteiger partial charge on any atom is -0.477 e. The van der Waals surface area contributed by atoms with Gasteiger partial charge < -0.3 is 30.5 Å². The highest BCUT2D eigenvalue weighted by atomic mass is 35.5. The molecule has 0 saturated carbocycles. The van der Waals surface area contributed by atoms with Gasteiger partial charge in [-0.15, -0.1) is 45.7 Å². The number of β-lactam (4-membered cyclic amide) rings is 1. The van der Waals surface area contributed by atoms with E-state index in [0.717, 1.165) is 41.2 Å². The molecular formula is C29H28ClN9O11S4. The van der Waals surface area contributed by atoms with Gasteiger partial charge in [0.15, 0.2) is 33.3 Å². The summed E-state index contributed by atoms with van der Waals surface area (Å²) in [7, 11) is 0. The molecule has 0 bridgehead atoms. The first kappa shape index (κ1) is 41.5. The van der Waals surface area contributed by atoms with Crippen molar-refractivity contribution >= 4 is 111 Å². The highest BCUT2D eigenvalue weighted by Gasteiger charge is 2.54. The highest BCUT2D eigenvalue weighted by molar-refractivity contribution is 8.01. The van der Waals surface area contributed by atoms with Crippen LogP contribution in [0.3, 0.4) is 0 Å². The number of nitrogens with zero attached hydrogens (tertiary/aromatic N) is 5. The maximum Gasteiger partial charge on any atom is 0.352 e. The zero-order chi connectivity index (χ0) is 38.4. The fourth-order valence-corrected chi connectivity index (χ4v) is 8.45. The van der Waals surface area contributed by atoms with Crippen LogP contribution in [0.4, 0.5) is 5.13 Å². The van der Waals surface area contributed by atoms with Gasteiger partial charge in [-0.25, -0.2) is 9.78 Å². The van der Waals surface area contributed by atoms with Crippen LogP contribution >= 0.6 is 58.6 Å². The number of hydrazine groups is 1. The molecular weight excluding hydrogens is 814 g/mol. The van der Waals surface area contributed by atoms with Crippen LogP contribution in [-0.2, 0) is 33.6 Å². The van der Waals surface area contributed by atoms with Crippen LogP contribution in [-0.4, -0.2) is 102 Å². The van der Waals surface area contributed by atoms with E-state index in [2.05, 4.69) is 36.5 Å². The minimum atomic E-state index is -1.29. The van der Waals surface area contributed by atoms with Crippen LogP contribution in [0, 0.1) is 6.92 Å². The second-order valence-corrected chi connectivity index (χ2v) is 15.0. The molecule has 4 amide bonds. The molecule has 54 heavy (non-hydrogen) atoms. The number of benzene rings is 1. The van der Waals surface area contributed by atoms with E-state index in [9.17, 15) is 38.7 Å². The lowest BCUT2D eigenvalue weighted by Gasteiger charge is -2.49. The molecule has 5 rings (SSSR count). The van der Waals surface area contributed by atoms with Crippen molar-refractivity contribution in [3.05, 3.63) is 51.1 Å². The van der Waals surface area contributed by atoms with Crippen LogP contribution in [0.2, 0.25) is 0 Å². The van der Waals surface area contributed by atoms with Crippen molar-refractivity contribution in [3.63, 3.8) is 0 Å². The Balaban J connectivity index is 0.00000650. The number of rotatable bonds is 13. The van der Waals surface area contributed by atoms with Gasteiger partial charge in [0.25, 0.3) is 23.6 Å². The first-order chi connectivity index (χ1) is 25.2. The van der Waals surface area contributed by atoms with Gasteiger partial charge in [0.1, 0.15) is 27.8 Å². The molecule has 0 spiro atoms. The number of nitrogen functional groups attached to an aromatic ring is 1. The Bertz CT molecular complexity index is 2070. The summed E-state index contributed by atoms with van der Waals surface area (Å²) >= 11 is 4.93. The standard InChI is InChI=1S/C29H27N9O11S4.ClH/c1-11-33-36-29(53-11)52-9-15-8-50-26-21(25(44)38(26)22(15)27(45)46)32-24(43)20(16-10-51-28(30)31-16)37-47-7-19(41)34-35-23(42)14-4-5-17(48-12(2)39)18(6-14)49-13(3)40;/h4-6,10,21,26H,7-9H2,1-3H3,(H2,30,31)(H,32,43)(H,34,41)(H,35,42)(H,45,46);1H/b37-20+;. The van der Waals surface area contributed by atoms with Gasteiger partial charge in [0.2, 0.25) is 0 Å². The lowest BCUT2D eigenvalue weighted by Crippen LogP contribution is -2.71. The third kappa shape index (κ3) is 10.0. The summed E-state index contributed by atoms with van der Waals surface area (Å²) in [6.45, 7) is 3.24. The molecule has 1 saturated heterocycles. The maximum absolute atomic E-state index is 13.4. The van der Waals surface area contributed by atoms with E-state index in [1.54, 1.807) is 6.92 Å². The van der Waals surface area contributed by atoms with Crippen LogP contribution in [0.25, 0.3) is 0 Å². The number of carboxylic acids is 1. The van der Waals surface area contributed by atoms with E-state index in [4.69, 9.17) is 20.0 Å². The number of carbonyl (C=O) groups is 7. The Morgan fingerprint density at radius 3 is 2.44 bits per heavy atom. The number of carboxylic acid groups (broad SMARTS) is 1. The Kier molecular flexibility index (Phi) is 13.9. The number of carbonyl (C=O) groups excluding carboxylic acids is 6. The molecule has 2 aromatic heterocycles. The lowest BCUT2D eigenvalue weighted by atomic mass is 10.0. The number of amides is 4. The number of fused-ring (bicyclic) bond motifs is 1. The number of hydrogen-bond donors (Lipinski definition) is 5. The molecule has 20 nitrogen and oxygen atoms in total. The van der Waals surface area contributed by atoms with Crippen molar-refractivity contribution in [1.82, 2.24) is 36.2 Å². The van der Waals surface area contributed by atoms with Gasteiger partial charge in [0, 0.05) is 36.3 Å². The molecule has 286 valence electrons. The molecule has 3 aromatic rings. The van der Waals surface area contributed by atoms with Crippen molar-refractivity contribution in [3.8, 4) is 11.5 Å². The zero-order valence-corrected chi connectivity index (χ0v) is 32.1. The van der Waals surface area contributed by atoms with Gasteiger partial charge in [-0.3, -0.25) is 44.5 Å². The summed E-state index contributed by atoms with van der Waals surface area (Å²) in [5.74, 6) is -5.83. The number of thioether (sulfide) groups is 2. The monoisotopic (exact) mass is 841 g/mol. The van der Waals surface area contributed by atoms with Gasteiger partial charge in [-0.1, -0.05) is 28.3 Å². The summed E-state index contributed by atoms with van der Waals surface area (Å²) in [5, 5.41) is 25.7. The maximum atomic E-state index is 13.4. The van der Waals surface area contributed by atoms with E-state index < -0.39 is 65.3 Å². The van der Waals surface area contributed by atoms with Crippen molar-refractivity contribution in [2.24, 2.45) is 5.16 Å². The van der Waals surface area contributed by atoms with Crippen molar-refractivity contribution in [1.29, 1.82) is 0 Å². The largest absolute Gasteiger partial charge is 0.477 e. The predicted octanol–water partition coefficient (Wildman–Crippen LogP) is 0.870. The lowest BCUT2D eigenvalue weighted by molar-refractivity contribution is -0.150. The Labute approximate surface area is 327 Å². The fraction of sp³-hybridized carbons (Fsp3) is 0.276. The topological polar surface area (TPSA) is 284 Å². The summed E-state index contributed by atoms with van der Waals surface area (Å²) in [6.07, 6.45) is 0. The second-order valence-electron chi connectivity index (χ2n) is 10.6. The Hall–Kier alpha value is -5.30. The Morgan fingerprint density at radius 1 is 1.09 bits per heavy atom. The van der Waals surface area contributed by atoms with Crippen LogP contribution in [0.15, 0.2) is 44.3 Å². The van der Waals surface area contributed by atoms with Gasteiger partial charge in [-0.2, -0.15) is 0 Å². The van der Waals surface area contributed by atoms with E-state index in [-0.39, 0.29) is 57.5 Å². The predicted molar refractivity (Wildman–Crippen MR) is 196 cm³/mol. The number of nitrogens with one attached hydrogen (secondary N) is 3. The number of thiazole rings is 1. The molecule has 4 heterocycles. The summed E-state index contributed by atoms with van der Waals surface area (Å²) in [6, 6.07) is 2.46. The number of esters is 2. The van der Waals surface area contributed by atoms with Crippen molar-refractivity contribution in [2.45, 2.75) is 36.5 Å². The summed E-state index contributed by atoms with van der Waals surface area (Å²) in [4.78, 5) is 96.9. The SMILES string of the molecule is CC(=O)Oc1ccc(C(=O)NNC(=O)CO/N=C(/C(=O)NC2C(=O)N3C(C(=O)O)=C(CSc4nnc(C)s4)CSC23)c2csc(N)n2)cc1OC(C)=O.Cl. The molecule has 0 radical (unpaired) electrons. The van der Waals surface area contributed by atoms with Crippen LogP contribution in [0.1, 0.15) is 34.9 Å². The number of ether oxygens (including phenoxy) is 2. The van der Waals surface area contributed by atoms with Crippen LogP contribution in [0.5, 0.6) is 11.5 Å². The smallest absolute Gasteiger partial charge is 0.352 e. The van der Waals surface area contributed by atoms with E-state index in [1.165, 1.54) is 52.4 Å². The molecule has 1 aromatic carbocycles. The molecule has 25 heteroatoms. The van der Waals surface area contributed by atoms with Crippen LogP contribution < -0.4 is 31.4 Å². The average Bonchev–Trinajstić information content (AvgIpc) is 3.73. The highest BCUT2D eigenvalue weighted by Crippen LogP contribution is 2.42. The van der Waals surface area contributed by atoms with Crippen molar-refractivity contribution in [2.75, 3.05) is 23.8 Å². The number of aromatic nitrogens is 3. The first-order valence-electron chi connectivity index (χ1n) is 14.9. The average molecular weight is 842 g/mol. The number of oxime groups is 1. The summed E-state index contributed by atoms with van der Waals surface area (Å²) < 4.78 is 10.6. The molecule has 2 unspecified atom stereocenters. The number of nitrogens with two attached hydrogens (primary N) is 1. The third-order valence-corrected chi connectivity index (χ3v) is 10.8. The zero-order valence-electron chi connectivity index (χ0n) is 28.0. The molecule has 6 N–H and O–H groups in total. The van der Waals surface area contributed by atoms with Gasteiger partial charge in [-0.05, 0) is 30.7 Å². The van der Waals surface area contributed by atoms with Gasteiger partial charge >= 0.3 is 17.9 Å². The normalized spacial score (nSPS) is 16.2. The quantitative estimate of drug-likeness (QED) is 0.0399. The number of halogens is 1. The number of aryl methyl sites for hydroxylation is 1. The number of hydrogen-bond acceptors (Lipinski definition) is 19. The molecule has 1 fully saturated rings. The Morgan fingerprint density at radius 2 is 1.81 bits per heavy atom. The van der Waals surface area contributed by atoms with E-state index in [1.807, 2.05) is 0 Å². The number of aliphatic carboxylic acids is 1. The molecule has 2 aliphatic rings. The van der Waals surface area contributed by atoms with E-state index in [0.29, 0.717) is 9.91 Å². The van der Waals surface area contributed by atoms with E-state index >= 15 is 0 Å². The molecule has 2 atom stereocenters. The first-order valence-corrected chi connectivity index (χ1v) is 18.6. The molecule has 2 aliphatic heterocycles. The number of anilines is 1. The third-order valence-electron chi connectivity index (χ3n) is 6.77. The van der Waals surface area contributed by atoms with Gasteiger partial charge in [0.05, 0.1) is 0 Å². The summed E-state index contributed by atoms with van der Waals surface area (Å²) in [5.41, 5.74) is 9.74. The minimum absolute atomic E-state index is 0.